The average molecular weight is 222 g/mol. The van der Waals surface area contributed by atoms with Crippen LogP contribution in [0, 0.1) is 0 Å². The zero-order chi connectivity index (χ0) is 11.4. The van der Waals surface area contributed by atoms with Gasteiger partial charge in [0, 0.05) is 6.08 Å². The lowest BCUT2D eigenvalue weighted by Gasteiger charge is -2.23. The molecule has 1 aliphatic rings. The van der Waals surface area contributed by atoms with Crippen LogP contribution in [-0.2, 0) is 0 Å². The van der Waals surface area contributed by atoms with Crippen LogP contribution in [0.25, 0.3) is 6.08 Å². The van der Waals surface area contributed by atoms with E-state index < -0.39 is 6.08 Å². The maximum Gasteiger partial charge on any atom is 0.270 e. The predicted octanol–water partition coefficient (Wildman–Crippen LogP) is 4.97. The van der Waals surface area contributed by atoms with Crippen LogP contribution in [0.1, 0.15) is 49.1 Å². The van der Waals surface area contributed by atoms with Gasteiger partial charge in [0.2, 0.25) is 0 Å². The third-order valence-electron chi connectivity index (χ3n) is 3.31. The molecule has 0 unspecified atom stereocenters. The summed E-state index contributed by atoms with van der Waals surface area (Å²) in [5.41, 5.74) is 1.78. The summed E-state index contributed by atoms with van der Waals surface area (Å²) in [4.78, 5) is 0. The second kappa shape index (κ2) is 5.24. The lowest BCUT2D eigenvalue weighted by Crippen LogP contribution is -2.05. The molecule has 1 aliphatic carbocycles. The molecule has 0 amide bonds. The number of hydrogen-bond acceptors (Lipinski definition) is 0. The van der Waals surface area contributed by atoms with E-state index in [0.717, 1.165) is 24.5 Å². The number of benzene rings is 1. The van der Waals surface area contributed by atoms with Crippen LogP contribution in [0.15, 0.2) is 30.3 Å². The zero-order valence-corrected chi connectivity index (χ0v) is 9.26. The maximum atomic E-state index is 12.3. The Morgan fingerprint density at radius 2 is 1.75 bits per heavy atom. The molecule has 0 saturated heterocycles. The molecule has 0 bridgehead atoms. The number of hydrogen-bond donors (Lipinski definition) is 0. The van der Waals surface area contributed by atoms with Crippen LogP contribution in [0.2, 0.25) is 0 Å². The Morgan fingerprint density at radius 3 is 2.44 bits per heavy atom. The van der Waals surface area contributed by atoms with Crippen LogP contribution in [-0.4, -0.2) is 0 Å². The van der Waals surface area contributed by atoms with Crippen molar-refractivity contribution in [1.29, 1.82) is 0 Å². The Bertz CT molecular complexity index is 372. The Balaban J connectivity index is 2.28. The van der Waals surface area contributed by atoms with Crippen molar-refractivity contribution in [2.24, 2.45) is 0 Å². The second-order valence-corrected chi connectivity index (χ2v) is 4.40. The monoisotopic (exact) mass is 222 g/mol. The summed E-state index contributed by atoms with van der Waals surface area (Å²) >= 11 is 0. The molecule has 0 nitrogen and oxygen atoms in total. The summed E-state index contributed by atoms with van der Waals surface area (Å²) in [6.07, 6.45) is 5.39. The molecule has 1 saturated carbocycles. The summed E-state index contributed by atoms with van der Waals surface area (Å²) in [6, 6.07) is 7.53. The van der Waals surface area contributed by atoms with Gasteiger partial charge in [-0.1, -0.05) is 43.5 Å². The topological polar surface area (TPSA) is 0 Å². The van der Waals surface area contributed by atoms with Crippen LogP contribution in [0.4, 0.5) is 8.78 Å². The lowest BCUT2D eigenvalue weighted by molar-refractivity contribution is 0.428. The molecule has 0 aliphatic heterocycles. The third kappa shape index (κ3) is 2.69. The first-order valence-electron chi connectivity index (χ1n) is 5.89. The van der Waals surface area contributed by atoms with Gasteiger partial charge >= 0.3 is 0 Å². The summed E-state index contributed by atoms with van der Waals surface area (Å²) in [5, 5.41) is 0. The minimum atomic E-state index is -1.61. The lowest BCUT2D eigenvalue weighted by atomic mass is 9.82. The standard InChI is InChI=1S/C14H16F2/c15-14(16)10-12-8-4-5-9-13(12)11-6-2-1-3-7-11/h4-5,8-11H,1-3,6-7H2. The predicted molar refractivity (Wildman–Crippen MR) is 62.5 cm³/mol. The Morgan fingerprint density at radius 1 is 1.06 bits per heavy atom. The minimum absolute atomic E-state index is 0.473. The highest BCUT2D eigenvalue weighted by Gasteiger charge is 2.17. The van der Waals surface area contributed by atoms with Gasteiger partial charge in [0.15, 0.2) is 0 Å². The molecule has 16 heavy (non-hydrogen) atoms. The fourth-order valence-corrected chi connectivity index (χ4v) is 2.55. The highest BCUT2D eigenvalue weighted by molar-refractivity contribution is 5.55. The summed E-state index contributed by atoms with van der Waals surface area (Å²) in [5.74, 6) is 0.473. The first kappa shape index (κ1) is 11.3. The molecule has 1 aromatic carbocycles. The molecule has 1 aromatic rings. The van der Waals surface area contributed by atoms with Gasteiger partial charge in [-0.3, -0.25) is 0 Å². The molecule has 0 atom stereocenters. The molecule has 0 aromatic heterocycles. The Labute approximate surface area is 95.0 Å². The molecule has 1 fully saturated rings. The van der Waals surface area contributed by atoms with E-state index in [1.54, 1.807) is 6.07 Å². The number of halogens is 2. The van der Waals surface area contributed by atoms with Crippen molar-refractivity contribution in [3.8, 4) is 0 Å². The Hall–Kier alpha value is -1.18. The van der Waals surface area contributed by atoms with Gasteiger partial charge < -0.3 is 0 Å². The van der Waals surface area contributed by atoms with Gasteiger partial charge in [-0.25, -0.2) is 0 Å². The van der Waals surface area contributed by atoms with Crippen molar-refractivity contribution >= 4 is 6.08 Å². The molecule has 2 heteroatoms. The molecule has 0 heterocycles. The highest BCUT2D eigenvalue weighted by atomic mass is 19.3. The Kier molecular flexibility index (Phi) is 3.70. The molecular weight excluding hydrogens is 206 g/mol. The van der Waals surface area contributed by atoms with Gasteiger partial charge in [-0.2, -0.15) is 8.78 Å². The van der Waals surface area contributed by atoms with Crippen LogP contribution >= 0.6 is 0 Å². The van der Waals surface area contributed by atoms with E-state index >= 15 is 0 Å². The van der Waals surface area contributed by atoms with Crippen LogP contribution < -0.4 is 0 Å². The van der Waals surface area contributed by atoms with Crippen molar-refractivity contribution in [2.75, 3.05) is 0 Å². The molecular formula is C14H16F2. The molecule has 0 N–H and O–H groups in total. The first-order chi connectivity index (χ1) is 7.77. The zero-order valence-electron chi connectivity index (χ0n) is 9.26. The fourth-order valence-electron chi connectivity index (χ4n) is 2.55. The molecule has 86 valence electrons. The van der Waals surface area contributed by atoms with E-state index in [9.17, 15) is 8.78 Å². The van der Waals surface area contributed by atoms with Crippen molar-refractivity contribution in [3.05, 3.63) is 41.5 Å². The summed E-state index contributed by atoms with van der Waals surface area (Å²) in [7, 11) is 0. The minimum Gasteiger partial charge on any atom is -0.173 e. The summed E-state index contributed by atoms with van der Waals surface area (Å²) in [6.45, 7) is 0. The van der Waals surface area contributed by atoms with E-state index in [2.05, 4.69) is 0 Å². The quantitative estimate of drug-likeness (QED) is 0.662. The van der Waals surface area contributed by atoms with Crippen molar-refractivity contribution in [1.82, 2.24) is 0 Å². The average Bonchev–Trinajstić information content (AvgIpc) is 2.30. The molecule has 0 spiro atoms. The van der Waals surface area contributed by atoms with Crippen molar-refractivity contribution in [3.63, 3.8) is 0 Å². The number of rotatable bonds is 2. The van der Waals surface area contributed by atoms with Gasteiger partial charge in [-0.05, 0) is 29.9 Å². The van der Waals surface area contributed by atoms with Gasteiger partial charge in [0.05, 0.1) is 0 Å². The van der Waals surface area contributed by atoms with E-state index in [0.29, 0.717) is 11.5 Å². The van der Waals surface area contributed by atoms with Gasteiger partial charge in [0.1, 0.15) is 0 Å². The smallest absolute Gasteiger partial charge is 0.173 e. The van der Waals surface area contributed by atoms with E-state index in [1.165, 1.54) is 19.3 Å². The van der Waals surface area contributed by atoms with Gasteiger partial charge in [0.25, 0.3) is 6.08 Å². The van der Waals surface area contributed by atoms with E-state index in [-0.39, 0.29) is 0 Å². The highest BCUT2D eigenvalue weighted by Crippen LogP contribution is 2.35. The SMILES string of the molecule is FC(F)=Cc1ccccc1C1CCCCC1. The molecule has 2 rings (SSSR count). The second-order valence-electron chi connectivity index (χ2n) is 4.40. The molecule has 0 radical (unpaired) electrons. The maximum absolute atomic E-state index is 12.3. The first-order valence-corrected chi connectivity index (χ1v) is 5.89. The summed E-state index contributed by atoms with van der Waals surface area (Å²) < 4.78 is 24.7. The van der Waals surface area contributed by atoms with Gasteiger partial charge in [-0.15, -0.1) is 0 Å². The van der Waals surface area contributed by atoms with Crippen molar-refractivity contribution < 1.29 is 8.78 Å². The normalized spacial score (nSPS) is 17.1. The fraction of sp³-hybridized carbons (Fsp3) is 0.429. The van der Waals surface area contributed by atoms with E-state index in [1.807, 2.05) is 18.2 Å². The van der Waals surface area contributed by atoms with Crippen molar-refractivity contribution in [2.45, 2.75) is 38.0 Å². The van der Waals surface area contributed by atoms with Crippen LogP contribution in [0.3, 0.4) is 0 Å². The van der Waals surface area contributed by atoms with Crippen LogP contribution in [0.5, 0.6) is 0 Å². The third-order valence-corrected chi connectivity index (χ3v) is 3.31. The largest absolute Gasteiger partial charge is 0.270 e. The van der Waals surface area contributed by atoms with E-state index in [4.69, 9.17) is 0 Å².